The van der Waals surface area contributed by atoms with Crippen molar-refractivity contribution in [1.29, 1.82) is 0 Å². The first-order chi connectivity index (χ1) is 31.1. The van der Waals surface area contributed by atoms with Crippen LogP contribution in [0.5, 0.6) is 0 Å². The van der Waals surface area contributed by atoms with E-state index in [1.807, 2.05) is 0 Å². The van der Waals surface area contributed by atoms with Gasteiger partial charge < -0.3 is 4.90 Å². The van der Waals surface area contributed by atoms with Crippen LogP contribution in [0, 0.1) is 0 Å². The van der Waals surface area contributed by atoms with Crippen molar-refractivity contribution in [2.24, 2.45) is 0 Å². The molecule has 0 unspecified atom stereocenters. The van der Waals surface area contributed by atoms with Gasteiger partial charge in [-0.3, -0.25) is 0 Å². The number of allylic oxidation sites excluding steroid dienone is 2. The van der Waals surface area contributed by atoms with Gasteiger partial charge in [-0.25, -0.2) is 0 Å². The second-order valence-corrected chi connectivity index (χ2v) is 22.0. The zero-order valence-electron chi connectivity index (χ0n) is 39.3. The molecule has 0 amide bonds. The smallest absolute Gasteiger partial charge is 0.125 e. The van der Waals surface area contributed by atoms with Gasteiger partial charge in [0.25, 0.3) is 0 Å². The van der Waals surface area contributed by atoms with E-state index in [0.717, 1.165) is 17.1 Å². The Morgan fingerprint density at radius 2 is 0.785 bits per heavy atom. The lowest BCUT2D eigenvalue weighted by Crippen LogP contribution is -2.27. The Bertz CT molecular complexity index is 3240. The molecule has 4 aliphatic carbocycles. The third kappa shape index (κ3) is 5.78. The molecule has 0 saturated carbocycles. The largest absolute Gasteiger partial charge is 0.310 e. The summed E-state index contributed by atoms with van der Waals surface area (Å²) in [6.07, 6.45) is 4.56. The third-order valence-electron chi connectivity index (χ3n) is 15.6. The molecule has 65 heavy (non-hydrogen) atoms. The molecule has 1 nitrogen and oxygen atoms in total. The Morgan fingerprint density at radius 3 is 1.31 bits per heavy atom. The Hall–Kier alpha value is -6.64. The minimum absolute atomic E-state index is 0.0110. The van der Waals surface area contributed by atoms with E-state index >= 15 is 0 Å². The number of hydrogen-bond donors (Lipinski definition) is 0. The number of rotatable bonds is 5. The van der Waals surface area contributed by atoms with Gasteiger partial charge >= 0.3 is 0 Å². The van der Waals surface area contributed by atoms with Gasteiger partial charge in [-0.05, 0) is 147 Å². The Kier molecular flexibility index (Phi) is 8.27. The van der Waals surface area contributed by atoms with Crippen LogP contribution < -0.4 is 4.90 Å². The van der Waals surface area contributed by atoms with Gasteiger partial charge in [0.1, 0.15) is 7.85 Å². The molecule has 316 valence electrons. The van der Waals surface area contributed by atoms with Gasteiger partial charge in [0.15, 0.2) is 0 Å². The second-order valence-electron chi connectivity index (χ2n) is 22.0. The van der Waals surface area contributed by atoms with E-state index in [1.54, 1.807) is 0 Å². The zero-order valence-corrected chi connectivity index (χ0v) is 39.3. The summed E-state index contributed by atoms with van der Waals surface area (Å²) in [5.41, 5.74) is 25.5. The molecule has 12 rings (SSSR count). The van der Waals surface area contributed by atoms with Gasteiger partial charge in [0.05, 0.1) is 5.41 Å². The van der Waals surface area contributed by atoms with Crippen molar-refractivity contribution in [2.45, 2.75) is 82.4 Å². The Morgan fingerprint density at radius 1 is 0.385 bits per heavy atom. The molecule has 8 aromatic rings. The molecular formula is C63H56BN. The van der Waals surface area contributed by atoms with Crippen LogP contribution in [-0.2, 0) is 27.0 Å². The number of fused-ring (bicyclic) bond motifs is 13. The van der Waals surface area contributed by atoms with Crippen LogP contribution in [0.2, 0.25) is 0 Å². The molecule has 0 aliphatic heterocycles. The van der Waals surface area contributed by atoms with E-state index in [1.165, 1.54) is 94.6 Å². The Balaban J connectivity index is 1.09. The summed E-state index contributed by atoms with van der Waals surface area (Å²) in [5, 5.41) is 0.108. The van der Waals surface area contributed by atoms with E-state index in [9.17, 15) is 0 Å². The summed E-state index contributed by atoms with van der Waals surface area (Å²) in [5.74, 6) is 0. The van der Waals surface area contributed by atoms with E-state index in [2.05, 4.69) is 250 Å². The molecule has 0 heterocycles. The fourth-order valence-electron chi connectivity index (χ4n) is 11.7. The fourth-order valence-corrected chi connectivity index (χ4v) is 11.7. The molecule has 0 saturated heterocycles. The molecule has 0 aromatic heterocycles. The summed E-state index contributed by atoms with van der Waals surface area (Å²) in [6, 6.07) is 65.8. The number of nitrogens with zero attached hydrogens (tertiary/aromatic N) is 1. The average Bonchev–Trinajstić information content (AvgIpc) is 3.83. The quantitative estimate of drug-likeness (QED) is 0.123. The third-order valence-corrected chi connectivity index (χ3v) is 15.6. The molecular weight excluding hydrogens is 782 g/mol. The standard InChI is InChI=1S/C63H56BN/c1-59(2,3)42-23-29-50-51-30-24-43(60(4,5)6)36-57(51)63(56(50)35-42)54-16-12-10-14-48(54)52-32-28-46(38-58(52)63)65(45-27-31-49-47-13-9-11-15-53(47)61(7,8)55(49)37-45)44-25-19-40(20-26-44)39-17-21-41(22-18-39)62(64)33-34-62/h9-38H,64H2,1-8H3. The lowest BCUT2D eigenvalue weighted by atomic mass is 9.68. The van der Waals surface area contributed by atoms with Crippen molar-refractivity contribution in [3.05, 3.63) is 232 Å². The van der Waals surface area contributed by atoms with E-state index in [0.29, 0.717) is 0 Å². The van der Waals surface area contributed by atoms with Crippen LogP contribution in [-0.4, -0.2) is 7.85 Å². The first-order valence-electron chi connectivity index (χ1n) is 23.6. The topological polar surface area (TPSA) is 3.24 Å². The number of benzene rings is 8. The predicted molar refractivity (Wildman–Crippen MR) is 277 cm³/mol. The molecule has 2 heteroatoms. The molecule has 0 atom stereocenters. The molecule has 0 N–H and O–H groups in total. The lowest BCUT2D eigenvalue weighted by molar-refractivity contribution is 0.586. The SMILES string of the molecule is BC1(c2ccc(-c3ccc(N(c4ccc5c(c4)C(C)(C)c4ccccc4-5)c4ccc5c(c4)C4(c6ccccc6-5)c5cc(C(C)(C)C)ccc5-c5ccc(C(C)(C)C)cc54)cc3)cc2)C=C1. The van der Waals surface area contributed by atoms with E-state index < -0.39 is 5.41 Å². The van der Waals surface area contributed by atoms with Crippen molar-refractivity contribution >= 4 is 24.9 Å². The van der Waals surface area contributed by atoms with Gasteiger partial charge in [0.2, 0.25) is 0 Å². The van der Waals surface area contributed by atoms with Crippen molar-refractivity contribution < 1.29 is 0 Å². The van der Waals surface area contributed by atoms with Crippen molar-refractivity contribution in [3.8, 4) is 44.5 Å². The van der Waals surface area contributed by atoms with Gasteiger partial charge in [-0.1, -0.05) is 201 Å². The average molecular weight is 838 g/mol. The summed E-state index contributed by atoms with van der Waals surface area (Å²) in [6.45, 7) is 18.8. The first-order valence-corrected chi connectivity index (χ1v) is 23.6. The second kappa shape index (κ2) is 13.5. The van der Waals surface area contributed by atoms with Crippen LogP contribution in [0.25, 0.3) is 44.5 Å². The number of hydrogen-bond acceptors (Lipinski definition) is 1. The highest BCUT2D eigenvalue weighted by Gasteiger charge is 2.52. The van der Waals surface area contributed by atoms with Crippen LogP contribution in [0.3, 0.4) is 0 Å². The van der Waals surface area contributed by atoms with E-state index in [4.69, 9.17) is 0 Å². The highest BCUT2D eigenvalue weighted by atomic mass is 15.1. The van der Waals surface area contributed by atoms with Crippen LogP contribution in [0.4, 0.5) is 17.1 Å². The van der Waals surface area contributed by atoms with Crippen molar-refractivity contribution in [1.82, 2.24) is 0 Å². The predicted octanol–water partition coefficient (Wildman–Crippen LogP) is 15.5. The summed E-state index contributed by atoms with van der Waals surface area (Å²) in [7, 11) is 2.28. The molecule has 1 spiro atoms. The van der Waals surface area contributed by atoms with Gasteiger partial charge in [-0.15, -0.1) is 0 Å². The summed E-state index contributed by atoms with van der Waals surface area (Å²) >= 11 is 0. The minimum Gasteiger partial charge on any atom is -0.310 e. The highest BCUT2D eigenvalue weighted by Crippen LogP contribution is 2.64. The maximum atomic E-state index is 2.55. The van der Waals surface area contributed by atoms with Crippen LogP contribution >= 0.6 is 0 Å². The van der Waals surface area contributed by atoms with E-state index in [-0.39, 0.29) is 21.6 Å². The maximum Gasteiger partial charge on any atom is 0.125 e. The minimum atomic E-state index is -0.495. The first kappa shape index (κ1) is 39.9. The van der Waals surface area contributed by atoms with Crippen LogP contribution in [0.15, 0.2) is 182 Å². The molecule has 0 radical (unpaired) electrons. The van der Waals surface area contributed by atoms with Gasteiger partial charge in [0, 0.05) is 22.5 Å². The van der Waals surface area contributed by atoms with Crippen LogP contribution in [0.1, 0.15) is 105 Å². The maximum absolute atomic E-state index is 2.55. The summed E-state index contributed by atoms with van der Waals surface area (Å²) in [4.78, 5) is 2.51. The van der Waals surface area contributed by atoms with Crippen molar-refractivity contribution in [2.75, 3.05) is 4.90 Å². The Labute approximate surface area is 387 Å². The lowest BCUT2D eigenvalue weighted by Gasteiger charge is -2.34. The molecule has 0 bridgehead atoms. The molecule has 0 fully saturated rings. The van der Waals surface area contributed by atoms with Crippen molar-refractivity contribution in [3.63, 3.8) is 0 Å². The fraction of sp³-hybridized carbons (Fsp3) is 0.206. The number of anilines is 3. The molecule has 4 aliphatic rings. The monoisotopic (exact) mass is 837 g/mol. The van der Waals surface area contributed by atoms with Gasteiger partial charge in [-0.2, -0.15) is 0 Å². The summed E-state index contributed by atoms with van der Waals surface area (Å²) < 4.78 is 0. The molecule has 8 aromatic carbocycles. The normalized spacial score (nSPS) is 16.1. The zero-order chi connectivity index (χ0) is 44.8. The highest BCUT2D eigenvalue weighted by molar-refractivity contribution is 6.22.